The van der Waals surface area contributed by atoms with Crippen molar-refractivity contribution >= 4 is 23.2 Å². The van der Waals surface area contributed by atoms with Crippen LogP contribution in [0.4, 0.5) is 0 Å². The van der Waals surface area contributed by atoms with Crippen molar-refractivity contribution in [2.75, 3.05) is 7.05 Å². The summed E-state index contributed by atoms with van der Waals surface area (Å²) in [5.74, 6) is 0.687. The maximum absolute atomic E-state index is 6.20. The number of halogens is 2. The molecule has 0 heterocycles. The van der Waals surface area contributed by atoms with Crippen molar-refractivity contribution in [1.82, 2.24) is 5.32 Å². The van der Waals surface area contributed by atoms with Gasteiger partial charge in [0.2, 0.25) is 0 Å². The summed E-state index contributed by atoms with van der Waals surface area (Å²) in [7, 11) is 1.97. The molecule has 0 aliphatic heterocycles. The van der Waals surface area contributed by atoms with Crippen LogP contribution >= 0.6 is 23.2 Å². The van der Waals surface area contributed by atoms with Crippen LogP contribution in [0.5, 0.6) is 0 Å². The van der Waals surface area contributed by atoms with E-state index in [0.717, 1.165) is 15.6 Å². The average molecular weight is 244 g/mol. The molecule has 1 N–H and O–H groups in total. The van der Waals surface area contributed by atoms with Gasteiger partial charge < -0.3 is 5.32 Å². The molecule has 0 aromatic heterocycles. The Balaban J connectivity index is 2.32. The standard InChI is InChI=1S/C12H15Cl2N/c1-15-12(8-4-2-5-8)11-9(13)6-3-7-10(11)14/h3,6-8,12,15H,2,4-5H2,1H3. The second-order valence-electron chi connectivity index (χ2n) is 4.09. The lowest BCUT2D eigenvalue weighted by Gasteiger charge is -2.34. The lowest BCUT2D eigenvalue weighted by Crippen LogP contribution is -2.30. The van der Waals surface area contributed by atoms with E-state index >= 15 is 0 Å². The van der Waals surface area contributed by atoms with Crippen molar-refractivity contribution in [3.63, 3.8) is 0 Å². The van der Waals surface area contributed by atoms with Gasteiger partial charge in [-0.3, -0.25) is 0 Å². The molecular formula is C12H15Cl2N. The highest BCUT2D eigenvalue weighted by atomic mass is 35.5. The highest BCUT2D eigenvalue weighted by molar-refractivity contribution is 6.36. The second kappa shape index (κ2) is 4.73. The number of nitrogens with one attached hydrogen (secondary N) is 1. The van der Waals surface area contributed by atoms with Gasteiger partial charge in [-0.15, -0.1) is 0 Å². The maximum Gasteiger partial charge on any atom is 0.0468 e. The first kappa shape index (κ1) is 11.3. The van der Waals surface area contributed by atoms with Crippen LogP contribution in [0.3, 0.4) is 0 Å². The summed E-state index contributed by atoms with van der Waals surface area (Å²) in [5, 5.41) is 4.88. The van der Waals surface area contributed by atoms with Gasteiger partial charge in [0.15, 0.2) is 0 Å². The fourth-order valence-corrected chi connectivity index (χ4v) is 2.83. The Morgan fingerprint density at radius 1 is 1.27 bits per heavy atom. The van der Waals surface area contributed by atoms with Crippen LogP contribution in [-0.4, -0.2) is 7.05 Å². The first-order chi connectivity index (χ1) is 7.24. The lowest BCUT2D eigenvalue weighted by molar-refractivity contribution is 0.239. The van der Waals surface area contributed by atoms with Crippen molar-refractivity contribution in [2.45, 2.75) is 25.3 Å². The Kier molecular flexibility index (Phi) is 3.55. The van der Waals surface area contributed by atoms with Gasteiger partial charge in [-0.2, -0.15) is 0 Å². The minimum atomic E-state index is 0.306. The Bertz CT molecular complexity index is 327. The van der Waals surface area contributed by atoms with Crippen molar-refractivity contribution in [2.24, 2.45) is 5.92 Å². The van der Waals surface area contributed by atoms with Crippen LogP contribution in [-0.2, 0) is 0 Å². The van der Waals surface area contributed by atoms with E-state index in [0.29, 0.717) is 12.0 Å². The molecule has 0 bridgehead atoms. The molecule has 0 radical (unpaired) electrons. The molecule has 2 rings (SSSR count). The highest BCUT2D eigenvalue weighted by Gasteiger charge is 2.29. The molecule has 1 saturated carbocycles. The van der Waals surface area contributed by atoms with E-state index in [1.807, 2.05) is 25.2 Å². The predicted molar refractivity (Wildman–Crippen MR) is 65.6 cm³/mol. The maximum atomic E-state index is 6.20. The summed E-state index contributed by atoms with van der Waals surface area (Å²) in [5.41, 5.74) is 1.06. The second-order valence-corrected chi connectivity index (χ2v) is 4.91. The highest BCUT2D eigenvalue weighted by Crippen LogP contribution is 2.42. The number of benzene rings is 1. The molecule has 1 aromatic carbocycles. The Morgan fingerprint density at radius 3 is 2.27 bits per heavy atom. The van der Waals surface area contributed by atoms with Crippen LogP contribution in [0.1, 0.15) is 30.9 Å². The smallest absolute Gasteiger partial charge is 0.0468 e. The Morgan fingerprint density at radius 2 is 1.87 bits per heavy atom. The molecule has 1 fully saturated rings. The zero-order valence-electron chi connectivity index (χ0n) is 8.76. The summed E-state index contributed by atoms with van der Waals surface area (Å²) in [4.78, 5) is 0. The predicted octanol–water partition coefficient (Wildman–Crippen LogP) is 4.05. The van der Waals surface area contributed by atoms with Crippen LogP contribution in [0.2, 0.25) is 10.0 Å². The van der Waals surface area contributed by atoms with Gasteiger partial charge >= 0.3 is 0 Å². The van der Waals surface area contributed by atoms with E-state index in [4.69, 9.17) is 23.2 Å². The van der Waals surface area contributed by atoms with E-state index in [9.17, 15) is 0 Å². The van der Waals surface area contributed by atoms with E-state index < -0.39 is 0 Å². The molecule has 1 aliphatic rings. The van der Waals surface area contributed by atoms with Gasteiger partial charge in [-0.1, -0.05) is 35.7 Å². The van der Waals surface area contributed by atoms with E-state index in [1.54, 1.807) is 0 Å². The van der Waals surface area contributed by atoms with Crippen LogP contribution < -0.4 is 5.32 Å². The van der Waals surface area contributed by atoms with Crippen molar-refractivity contribution in [3.05, 3.63) is 33.8 Å². The van der Waals surface area contributed by atoms with Crippen molar-refractivity contribution in [1.29, 1.82) is 0 Å². The molecule has 1 unspecified atom stereocenters. The minimum absolute atomic E-state index is 0.306. The fourth-order valence-electron chi connectivity index (χ4n) is 2.20. The van der Waals surface area contributed by atoms with Crippen LogP contribution in [0.25, 0.3) is 0 Å². The summed E-state index contributed by atoms with van der Waals surface area (Å²) >= 11 is 12.4. The number of rotatable bonds is 3. The Labute approximate surface area is 101 Å². The summed E-state index contributed by atoms with van der Waals surface area (Å²) in [6, 6.07) is 6.01. The lowest BCUT2D eigenvalue weighted by atomic mass is 9.77. The number of hydrogen-bond acceptors (Lipinski definition) is 1. The van der Waals surface area contributed by atoms with E-state index in [-0.39, 0.29) is 0 Å². The largest absolute Gasteiger partial charge is 0.313 e. The number of hydrogen-bond donors (Lipinski definition) is 1. The minimum Gasteiger partial charge on any atom is -0.313 e. The van der Waals surface area contributed by atoms with Gasteiger partial charge in [-0.25, -0.2) is 0 Å². The molecule has 3 heteroatoms. The van der Waals surface area contributed by atoms with Gasteiger partial charge in [0.05, 0.1) is 0 Å². The third-order valence-electron chi connectivity index (χ3n) is 3.24. The van der Waals surface area contributed by atoms with Gasteiger partial charge in [0, 0.05) is 21.7 Å². The molecule has 1 atom stereocenters. The summed E-state index contributed by atoms with van der Waals surface area (Å²) in [6.45, 7) is 0. The first-order valence-electron chi connectivity index (χ1n) is 5.35. The molecule has 0 spiro atoms. The molecule has 82 valence electrons. The summed E-state index contributed by atoms with van der Waals surface area (Å²) < 4.78 is 0. The molecule has 0 amide bonds. The molecule has 15 heavy (non-hydrogen) atoms. The van der Waals surface area contributed by atoms with E-state index in [2.05, 4.69) is 5.32 Å². The van der Waals surface area contributed by atoms with E-state index in [1.165, 1.54) is 19.3 Å². The van der Waals surface area contributed by atoms with Crippen molar-refractivity contribution < 1.29 is 0 Å². The fraction of sp³-hybridized carbons (Fsp3) is 0.500. The first-order valence-corrected chi connectivity index (χ1v) is 6.11. The quantitative estimate of drug-likeness (QED) is 0.845. The Hall–Kier alpha value is -0.240. The normalized spacial score (nSPS) is 18.6. The molecular weight excluding hydrogens is 229 g/mol. The van der Waals surface area contributed by atoms with Gasteiger partial charge in [0.1, 0.15) is 0 Å². The molecule has 1 aromatic rings. The summed E-state index contributed by atoms with van der Waals surface area (Å²) in [6.07, 6.45) is 3.87. The van der Waals surface area contributed by atoms with Crippen molar-refractivity contribution in [3.8, 4) is 0 Å². The van der Waals surface area contributed by atoms with Gasteiger partial charge in [0.25, 0.3) is 0 Å². The molecule has 1 aliphatic carbocycles. The molecule has 1 nitrogen and oxygen atoms in total. The topological polar surface area (TPSA) is 12.0 Å². The SMILES string of the molecule is CNC(c1c(Cl)cccc1Cl)C1CCC1. The van der Waals surface area contributed by atoms with Crippen LogP contribution in [0.15, 0.2) is 18.2 Å². The third kappa shape index (κ3) is 2.15. The average Bonchev–Trinajstić information content (AvgIpc) is 2.12. The monoisotopic (exact) mass is 243 g/mol. The third-order valence-corrected chi connectivity index (χ3v) is 3.90. The zero-order chi connectivity index (χ0) is 10.8. The zero-order valence-corrected chi connectivity index (χ0v) is 10.3. The van der Waals surface area contributed by atoms with Crippen LogP contribution in [0, 0.1) is 5.92 Å². The van der Waals surface area contributed by atoms with Gasteiger partial charge in [-0.05, 0) is 37.9 Å². The molecule has 0 saturated heterocycles.